The molecule has 0 amide bonds. The van der Waals surface area contributed by atoms with Gasteiger partial charge in [-0.25, -0.2) is 9.97 Å². The van der Waals surface area contributed by atoms with E-state index in [-0.39, 0.29) is 18.8 Å². The van der Waals surface area contributed by atoms with Crippen LogP contribution in [0.1, 0.15) is 47.2 Å². The third-order valence-corrected chi connectivity index (χ3v) is 5.43. The fraction of sp³-hybridized carbons (Fsp3) is 0.259. The first-order valence-electron chi connectivity index (χ1n) is 11.0. The number of benzene rings is 2. The third kappa shape index (κ3) is 7.66. The van der Waals surface area contributed by atoms with Crippen molar-refractivity contribution in [1.82, 2.24) is 14.9 Å². The summed E-state index contributed by atoms with van der Waals surface area (Å²) in [6.45, 7) is 4.50. The van der Waals surface area contributed by atoms with Gasteiger partial charge in [0.1, 0.15) is 18.7 Å². The summed E-state index contributed by atoms with van der Waals surface area (Å²) in [6, 6.07) is 15.9. The van der Waals surface area contributed by atoms with Crippen molar-refractivity contribution in [1.29, 1.82) is 0 Å². The number of rotatable bonds is 8. The van der Waals surface area contributed by atoms with Crippen LogP contribution < -0.4 is 4.74 Å². The van der Waals surface area contributed by atoms with Gasteiger partial charge in [0.15, 0.2) is 0 Å². The molecule has 1 aliphatic heterocycles. The van der Waals surface area contributed by atoms with Crippen LogP contribution in [0.5, 0.6) is 5.75 Å². The van der Waals surface area contributed by atoms with Gasteiger partial charge in [0.2, 0.25) is 0 Å². The second kappa shape index (κ2) is 12.9. The molecule has 8 nitrogen and oxygen atoms in total. The number of fused-ring (bicyclic) bond motifs is 1. The number of carboxylic acid groups (broad SMARTS) is 2. The number of hydrogen-bond donors (Lipinski definition) is 2. The van der Waals surface area contributed by atoms with Gasteiger partial charge in [-0.3, -0.25) is 14.5 Å². The van der Waals surface area contributed by atoms with Crippen molar-refractivity contribution in [3.63, 3.8) is 0 Å². The van der Waals surface area contributed by atoms with E-state index in [0.29, 0.717) is 6.61 Å². The molecule has 0 aliphatic carbocycles. The molecule has 2 N–H and O–H groups in total. The van der Waals surface area contributed by atoms with E-state index in [0.717, 1.165) is 42.2 Å². The van der Waals surface area contributed by atoms with E-state index in [1.165, 1.54) is 11.1 Å². The summed E-state index contributed by atoms with van der Waals surface area (Å²) in [7, 11) is 0. The lowest BCUT2D eigenvalue weighted by Crippen LogP contribution is -2.15. The van der Waals surface area contributed by atoms with Gasteiger partial charge in [0, 0.05) is 31.4 Å². The molecule has 0 radical (unpaired) electrons. The molecule has 2 aromatic carbocycles. The standard InChI is InChI=1S/C26H25N3O3.CH2O2/c1-2-4-22(12-26(30)31)21-7-9-24(10-8-21)32-17-20-6-3-5-19(11-20)14-29-15-23-13-27-18-28-25(23)16-29;2-1-3/h3,5-11,13,18,22H,12,14-17H2,1H3,(H,30,31);1H,(H,2,3). The van der Waals surface area contributed by atoms with Crippen molar-refractivity contribution in [2.75, 3.05) is 0 Å². The van der Waals surface area contributed by atoms with Crippen molar-refractivity contribution in [2.45, 2.75) is 45.5 Å². The number of hydrogen-bond acceptors (Lipinski definition) is 6. The Labute approximate surface area is 204 Å². The van der Waals surface area contributed by atoms with E-state index in [9.17, 15) is 4.79 Å². The topological polar surface area (TPSA) is 113 Å². The lowest BCUT2D eigenvalue weighted by atomic mass is 9.96. The molecule has 8 heteroatoms. The minimum atomic E-state index is -0.858. The Hall–Kier alpha value is -4.22. The average Bonchev–Trinajstić information content (AvgIpc) is 3.26. The number of ether oxygens (including phenoxy) is 1. The maximum absolute atomic E-state index is 11.1. The summed E-state index contributed by atoms with van der Waals surface area (Å²) in [6.07, 6.45) is 3.50. The van der Waals surface area contributed by atoms with Crippen molar-refractivity contribution < 1.29 is 24.5 Å². The first-order valence-corrected chi connectivity index (χ1v) is 11.0. The van der Waals surface area contributed by atoms with Gasteiger partial charge in [-0.15, -0.1) is 5.92 Å². The molecule has 180 valence electrons. The molecule has 2 heterocycles. The summed E-state index contributed by atoms with van der Waals surface area (Å²) < 4.78 is 5.96. The fourth-order valence-corrected chi connectivity index (χ4v) is 3.92. The normalized spacial score (nSPS) is 12.8. The van der Waals surface area contributed by atoms with Gasteiger partial charge in [0.05, 0.1) is 18.0 Å². The molecule has 3 aromatic rings. The van der Waals surface area contributed by atoms with Crippen LogP contribution in [-0.4, -0.2) is 37.5 Å². The van der Waals surface area contributed by atoms with Crippen molar-refractivity contribution in [3.05, 3.63) is 89.0 Å². The predicted molar refractivity (Wildman–Crippen MR) is 129 cm³/mol. The number of nitrogens with zero attached hydrogens (tertiary/aromatic N) is 3. The Morgan fingerprint density at radius 3 is 2.63 bits per heavy atom. The molecule has 0 spiro atoms. The number of aromatic nitrogens is 2. The van der Waals surface area contributed by atoms with Gasteiger partial charge in [-0.2, -0.15) is 0 Å². The zero-order chi connectivity index (χ0) is 25.0. The van der Waals surface area contributed by atoms with E-state index >= 15 is 0 Å². The van der Waals surface area contributed by atoms with Crippen LogP contribution in [0.15, 0.2) is 61.1 Å². The number of carbonyl (C=O) groups is 2. The highest BCUT2D eigenvalue weighted by molar-refractivity contribution is 5.69. The molecule has 35 heavy (non-hydrogen) atoms. The highest BCUT2D eigenvalue weighted by Crippen LogP contribution is 2.24. The third-order valence-electron chi connectivity index (χ3n) is 5.43. The summed E-state index contributed by atoms with van der Waals surface area (Å²) >= 11 is 0. The van der Waals surface area contributed by atoms with E-state index in [2.05, 4.69) is 51.0 Å². The molecule has 4 rings (SSSR count). The van der Waals surface area contributed by atoms with Gasteiger partial charge < -0.3 is 14.9 Å². The van der Waals surface area contributed by atoms with E-state index in [1.807, 2.05) is 30.5 Å². The Balaban J connectivity index is 0.00000108. The van der Waals surface area contributed by atoms with Gasteiger partial charge in [-0.1, -0.05) is 42.3 Å². The van der Waals surface area contributed by atoms with Gasteiger partial charge in [-0.05, 0) is 35.7 Å². The number of aliphatic carboxylic acids is 1. The first kappa shape index (κ1) is 25.4. The fourth-order valence-electron chi connectivity index (χ4n) is 3.92. The molecule has 1 atom stereocenters. The SMILES string of the molecule is CC#CC(CC(=O)O)c1ccc(OCc2cccc(CN3Cc4cncnc4C3)c2)cc1.O=CO. The lowest BCUT2D eigenvalue weighted by Gasteiger charge is -2.15. The largest absolute Gasteiger partial charge is 0.489 e. The summed E-state index contributed by atoms with van der Waals surface area (Å²) in [5.74, 6) is 5.35. The molecule has 1 aromatic heterocycles. The van der Waals surface area contributed by atoms with Crippen LogP contribution >= 0.6 is 0 Å². The molecule has 0 fully saturated rings. The monoisotopic (exact) mass is 473 g/mol. The van der Waals surface area contributed by atoms with Crippen molar-refractivity contribution in [2.24, 2.45) is 0 Å². The maximum Gasteiger partial charge on any atom is 0.304 e. The first-order chi connectivity index (χ1) is 17.0. The second-order valence-corrected chi connectivity index (χ2v) is 7.97. The van der Waals surface area contributed by atoms with Crippen LogP contribution in [0.25, 0.3) is 0 Å². The minimum absolute atomic E-state index is 0.0114. The Morgan fingerprint density at radius 1 is 1.20 bits per heavy atom. The molecule has 0 saturated heterocycles. The Morgan fingerprint density at radius 2 is 1.94 bits per heavy atom. The highest BCUT2D eigenvalue weighted by atomic mass is 16.5. The lowest BCUT2D eigenvalue weighted by molar-refractivity contribution is -0.137. The summed E-state index contributed by atoms with van der Waals surface area (Å²) in [4.78, 5) is 30.3. The quantitative estimate of drug-likeness (QED) is 0.375. The average molecular weight is 474 g/mol. The van der Waals surface area contributed by atoms with E-state index in [4.69, 9.17) is 19.7 Å². The maximum atomic E-state index is 11.1. The summed E-state index contributed by atoms with van der Waals surface area (Å²) in [5.41, 5.74) is 5.53. The van der Waals surface area contributed by atoms with Gasteiger partial charge >= 0.3 is 5.97 Å². The molecule has 0 bridgehead atoms. The minimum Gasteiger partial charge on any atom is -0.489 e. The molecule has 0 saturated carbocycles. The molecular weight excluding hydrogens is 446 g/mol. The van der Waals surface area contributed by atoms with Crippen LogP contribution in [0.2, 0.25) is 0 Å². The Kier molecular flexibility index (Phi) is 9.34. The molecular formula is C27H27N3O5. The second-order valence-electron chi connectivity index (χ2n) is 7.97. The van der Waals surface area contributed by atoms with Gasteiger partial charge in [0.25, 0.3) is 6.47 Å². The van der Waals surface area contributed by atoms with Crippen LogP contribution in [0.4, 0.5) is 0 Å². The van der Waals surface area contributed by atoms with E-state index in [1.54, 1.807) is 13.3 Å². The van der Waals surface area contributed by atoms with Crippen molar-refractivity contribution in [3.8, 4) is 17.6 Å². The molecule has 1 aliphatic rings. The zero-order valence-electron chi connectivity index (χ0n) is 19.4. The van der Waals surface area contributed by atoms with Crippen LogP contribution in [0, 0.1) is 11.8 Å². The molecule has 1 unspecified atom stereocenters. The number of carboxylic acids is 1. The van der Waals surface area contributed by atoms with Crippen LogP contribution in [-0.2, 0) is 35.8 Å². The Bertz CT molecular complexity index is 1180. The van der Waals surface area contributed by atoms with Crippen molar-refractivity contribution >= 4 is 12.4 Å². The summed E-state index contributed by atoms with van der Waals surface area (Å²) in [5, 5.41) is 16.0. The predicted octanol–water partition coefficient (Wildman–Crippen LogP) is 3.85. The zero-order valence-corrected chi connectivity index (χ0v) is 19.4. The van der Waals surface area contributed by atoms with E-state index < -0.39 is 5.97 Å². The van der Waals surface area contributed by atoms with Crippen LogP contribution in [0.3, 0.4) is 0 Å². The smallest absolute Gasteiger partial charge is 0.304 e. The highest BCUT2D eigenvalue weighted by Gasteiger charge is 2.20.